The quantitative estimate of drug-likeness (QED) is 0.858. The fraction of sp³-hybridized carbons (Fsp3) is 0.538. The van der Waals surface area contributed by atoms with Crippen molar-refractivity contribution in [2.75, 3.05) is 6.54 Å². The first-order valence-corrected chi connectivity index (χ1v) is 6.57. The van der Waals surface area contributed by atoms with E-state index in [1.165, 1.54) is 24.8 Å². The Morgan fingerprint density at radius 2 is 2.00 bits per heavy atom. The van der Waals surface area contributed by atoms with Crippen LogP contribution in [0.1, 0.15) is 37.7 Å². The molecule has 15 heavy (non-hydrogen) atoms. The maximum atomic E-state index is 3.61. The molecule has 0 aliphatic heterocycles. The third-order valence-electron chi connectivity index (χ3n) is 3.06. The molecule has 1 saturated carbocycles. The number of hydrogen-bond donors (Lipinski definition) is 1. The van der Waals surface area contributed by atoms with E-state index < -0.39 is 0 Å². The molecular weight excluding hydrogens is 250 g/mol. The lowest BCUT2D eigenvalue weighted by molar-refractivity contribution is 0.567. The molecule has 2 heteroatoms. The molecule has 1 atom stereocenters. The van der Waals surface area contributed by atoms with Crippen LogP contribution in [-0.2, 0) is 0 Å². The zero-order chi connectivity index (χ0) is 10.7. The van der Waals surface area contributed by atoms with Crippen molar-refractivity contribution < 1.29 is 0 Å². The third kappa shape index (κ3) is 3.32. The number of hydrogen-bond acceptors (Lipinski definition) is 1. The van der Waals surface area contributed by atoms with Crippen molar-refractivity contribution in [2.24, 2.45) is 0 Å². The Morgan fingerprint density at radius 3 is 2.53 bits per heavy atom. The summed E-state index contributed by atoms with van der Waals surface area (Å²) >= 11 is 3.47. The molecule has 0 aromatic heterocycles. The highest BCUT2D eigenvalue weighted by Gasteiger charge is 2.21. The van der Waals surface area contributed by atoms with E-state index in [0.717, 1.165) is 17.1 Å². The van der Waals surface area contributed by atoms with Gasteiger partial charge in [0.25, 0.3) is 0 Å². The van der Waals surface area contributed by atoms with Gasteiger partial charge in [0.05, 0.1) is 0 Å². The van der Waals surface area contributed by atoms with Crippen molar-refractivity contribution in [3.8, 4) is 0 Å². The van der Waals surface area contributed by atoms with Gasteiger partial charge in [-0.15, -0.1) is 0 Å². The molecule has 1 aliphatic rings. The van der Waals surface area contributed by atoms with Gasteiger partial charge in [-0.25, -0.2) is 0 Å². The highest BCUT2D eigenvalue weighted by atomic mass is 79.9. The topological polar surface area (TPSA) is 12.0 Å². The summed E-state index contributed by atoms with van der Waals surface area (Å²) in [5, 5.41) is 3.61. The van der Waals surface area contributed by atoms with Gasteiger partial charge in [-0.3, -0.25) is 0 Å². The molecular formula is C13H18BrN. The fourth-order valence-electron chi connectivity index (χ4n) is 1.83. The fourth-order valence-corrected chi connectivity index (χ4v) is 2.09. The van der Waals surface area contributed by atoms with Gasteiger partial charge in [0, 0.05) is 17.1 Å². The summed E-state index contributed by atoms with van der Waals surface area (Å²) in [6.45, 7) is 3.39. The number of benzene rings is 1. The molecule has 1 aliphatic carbocycles. The Morgan fingerprint density at radius 1 is 1.33 bits per heavy atom. The van der Waals surface area contributed by atoms with Crippen molar-refractivity contribution in [3.63, 3.8) is 0 Å². The van der Waals surface area contributed by atoms with E-state index in [4.69, 9.17) is 0 Å². The summed E-state index contributed by atoms with van der Waals surface area (Å²) in [6, 6.07) is 9.54. The Hall–Kier alpha value is -0.340. The van der Waals surface area contributed by atoms with Crippen LogP contribution in [0.2, 0.25) is 0 Å². The summed E-state index contributed by atoms with van der Waals surface area (Å²) in [4.78, 5) is 0. The van der Waals surface area contributed by atoms with Gasteiger partial charge in [-0.1, -0.05) is 35.0 Å². The maximum Gasteiger partial charge on any atom is 0.0175 e. The summed E-state index contributed by atoms with van der Waals surface area (Å²) in [6.07, 6.45) is 3.95. The molecule has 1 aromatic rings. The second-order valence-corrected chi connectivity index (χ2v) is 5.25. The van der Waals surface area contributed by atoms with E-state index in [2.05, 4.69) is 52.4 Å². The molecule has 0 amide bonds. The van der Waals surface area contributed by atoms with Crippen LogP contribution in [0.5, 0.6) is 0 Å². The number of halogens is 1. The molecule has 1 unspecified atom stereocenters. The Labute approximate surface area is 100 Å². The van der Waals surface area contributed by atoms with Gasteiger partial charge in [-0.05, 0) is 42.9 Å². The Balaban J connectivity index is 1.94. The van der Waals surface area contributed by atoms with Crippen LogP contribution in [0.3, 0.4) is 0 Å². The zero-order valence-electron chi connectivity index (χ0n) is 9.17. The minimum absolute atomic E-state index is 0.665. The monoisotopic (exact) mass is 267 g/mol. The molecule has 82 valence electrons. The molecule has 0 spiro atoms. The van der Waals surface area contributed by atoms with Crippen LogP contribution in [0, 0.1) is 0 Å². The van der Waals surface area contributed by atoms with Gasteiger partial charge in [-0.2, -0.15) is 0 Å². The van der Waals surface area contributed by atoms with E-state index in [1.807, 2.05) is 0 Å². The molecule has 0 bridgehead atoms. The van der Waals surface area contributed by atoms with Crippen molar-refractivity contribution in [1.82, 2.24) is 5.32 Å². The van der Waals surface area contributed by atoms with Crippen LogP contribution in [0.25, 0.3) is 0 Å². The van der Waals surface area contributed by atoms with Crippen LogP contribution >= 0.6 is 15.9 Å². The second-order valence-electron chi connectivity index (χ2n) is 4.34. The molecule has 1 N–H and O–H groups in total. The molecule has 1 fully saturated rings. The lowest BCUT2D eigenvalue weighted by atomic mass is 9.96. The smallest absolute Gasteiger partial charge is 0.0175 e. The SMILES string of the molecule is CCC(CNC1CC1)c1ccc(Br)cc1. The van der Waals surface area contributed by atoms with Crippen LogP contribution in [-0.4, -0.2) is 12.6 Å². The molecule has 2 rings (SSSR count). The van der Waals surface area contributed by atoms with Crippen molar-refractivity contribution in [2.45, 2.75) is 38.1 Å². The molecule has 1 nitrogen and oxygen atoms in total. The molecule has 0 saturated heterocycles. The normalized spacial score (nSPS) is 17.7. The predicted octanol–water partition coefficient (Wildman–Crippen LogP) is 3.69. The lowest BCUT2D eigenvalue weighted by Gasteiger charge is -2.16. The van der Waals surface area contributed by atoms with E-state index in [-0.39, 0.29) is 0 Å². The standard InChI is InChI=1S/C13H18BrN/c1-2-10(9-15-13-7-8-13)11-3-5-12(14)6-4-11/h3-6,10,13,15H,2,7-9H2,1H3. The van der Waals surface area contributed by atoms with Crippen LogP contribution in [0.15, 0.2) is 28.7 Å². The van der Waals surface area contributed by atoms with Gasteiger partial charge in [0.1, 0.15) is 0 Å². The van der Waals surface area contributed by atoms with Crippen molar-refractivity contribution >= 4 is 15.9 Å². The predicted molar refractivity (Wildman–Crippen MR) is 68.2 cm³/mol. The Bertz CT molecular complexity index is 303. The number of rotatable bonds is 5. The lowest BCUT2D eigenvalue weighted by Crippen LogP contribution is -2.23. The summed E-state index contributed by atoms with van der Waals surface area (Å²) in [7, 11) is 0. The average Bonchev–Trinajstić information content (AvgIpc) is 3.05. The largest absolute Gasteiger partial charge is 0.313 e. The highest BCUT2D eigenvalue weighted by Crippen LogP contribution is 2.24. The van der Waals surface area contributed by atoms with E-state index in [1.54, 1.807) is 0 Å². The average molecular weight is 268 g/mol. The maximum absolute atomic E-state index is 3.61. The first-order valence-electron chi connectivity index (χ1n) is 5.78. The van der Waals surface area contributed by atoms with Gasteiger partial charge in [0.15, 0.2) is 0 Å². The first kappa shape index (κ1) is 11.2. The number of nitrogens with one attached hydrogen (secondary N) is 1. The molecule has 0 heterocycles. The summed E-state index contributed by atoms with van der Waals surface area (Å²) in [5.41, 5.74) is 1.45. The third-order valence-corrected chi connectivity index (χ3v) is 3.59. The van der Waals surface area contributed by atoms with E-state index in [9.17, 15) is 0 Å². The summed E-state index contributed by atoms with van der Waals surface area (Å²) in [5.74, 6) is 0.665. The first-order chi connectivity index (χ1) is 7.29. The zero-order valence-corrected chi connectivity index (χ0v) is 10.8. The van der Waals surface area contributed by atoms with Crippen LogP contribution in [0.4, 0.5) is 0 Å². The van der Waals surface area contributed by atoms with Crippen molar-refractivity contribution in [3.05, 3.63) is 34.3 Å². The second kappa shape index (κ2) is 5.13. The highest BCUT2D eigenvalue weighted by molar-refractivity contribution is 9.10. The summed E-state index contributed by atoms with van der Waals surface area (Å²) < 4.78 is 1.16. The van der Waals surface area contributed by atoms with Gasteiger partial charge >= 0.3 is 0 Å². The van der Waals surface area contributed by atoms with E-state index >= 15 is 0 Å². The van der Waals surface area contributed by atoms with Gasteiger partial charge in [0.2, 0.25) is 0 Å². The molecule has 0 radical (unpaired) electrons. The minimum Gasteiger partial charge on any atom is -0.313 e. The van der Waals surface area contributed by atoms with Gasteiger partial charge < -0.3 is 5.32 Å². The van der Waals surface area contributed by atoms with Crippen LogP contribution < -0.4 is 5.32 Å². The molecule has 1 aromatic carbocycles. The minimum atomic E-state index is 0.665. The van der Waals surface area contributed by atoms with Crippen molar-refractivity contribution in [1.29, 1.82) is 0 Å². The van der Waals surface area contributed by atoms with E-state index in [0.29, 0.717) is 5.92 Å². The Kier molecular flexibility index (Phi) is 3.81.